The van der Waals surface area contributed by atoms with Crippen molar-refractivity contribution in [2.75, 3.05) is 25.9 Å². The second-order valence-corrected chi connectivity index (χ2v) is 7.09. The van der Waals surface area contributed by atoms with Crippen molar-refractivity contribution < 1.29 is 8.42 Å². The van der Waals surface area contributed by atoms with E-state index >= 15 is 0 Å². The van der Waals surface area contributed by atoms with Crippen LogP contribution in [0.25, 0.3) is 0 Å². The average molecular weight is 446 g/mol. The molecule has 0 atom stereocenters. The number of nitrogens with one attached hydrogen (secondary N) is 3. The molecule has 1 rings (SSSR count). The van der Waals surface area contributed by atoms with Crippen molar-refractivity contribution >= 4 is 51.3 Å². The molecule has 0 aliphatic rings. The monoisotopic (exact) mass is 446 g/mol. The molecule has 0 bridgehead atoms. The van der Waals surface area contributed by atoms with Crippen LogP contribution in [0.3, 0.4) is 0 Å². The van der Waals surface area contributed by atoms with Gasteiger partial charge in [-0.3, -0.25) is 0 Å². The summed E-state index contributed by atoms with van der Waals surface area (Å²) in [5.41, 5.74) is 0. The minimum absolute atomic E-state index is 0. The van der Waals surface area contributed by atoms with Gasteiger partial charge in [0.05, 0.1) is 12.8 Å². The maximum Gasteiger partial charge on any atom is 0.208 e. The Labute approximate surface area is 147 Å². The van der Waals surface area contributed by atoms with Crippen LogP contribution in [0.2, 0.25) is 0 Å². The summed E-state index contributed by atoms with van der Waals surface area (Å²) in [6.45, 7) is 4.54. The molecule has 0 aliphatic heterocycles. The lowest BCUT2D eigenvalue weighted by Crippen LogP contribution is -2.38. The van der Waals surface area contributed by atoms with Gasteiger partial charge >= 0.3 is 0 Å². The minimum Gasteiger partial charge on any atom is -0.357 e. The van der Waals surface area contributed by atoms with E-state index < -0.39 is 10.0 Å². The van der Waals surface area contributed by atoms with Crippen molar-refractivity contribution in [2.45, 2.75) is 19.9 Å². The zero-order chi connectivity index (χ0) is 14.8. The predicted molar refractivity (Wildman–Crippen MR) is 100 cm³/mol. The number of guanidine groups is 1. The predicted octanol–water partition coefficient (Wildman–Crippen LogP) is 1.36. The molecule has 0 unspecified atom stereocenters. The van der Waals surface area contributed by atoms with Crippen LogP contribution in [0.4, 0.5) is 0 Å². The van der Waals surface area contributed by atoms with Gasteiger partial charge in [-0.2, -0.15) is 0 Å². The van der Waals surface area contributed by atoms with E-state index in [4.69, 9.17) is 0 Å². The average Bonchev–Trinajstić information content (AvgIpc) is 2.87. The Balaban J connectivity index is 0.00000400. The summed E-state index contributed by atoms with van der Waals surface area (Å²) >= 11 is 1.68. The topological polar surface area (TPSA) is 82.6 Å². The number of thiophene rings is 1. The zero-order valence-corrected chi connectivity index (χ0v) is 16.2. The molecule has 1 aromatic heterocycles. The summed E-state index contributed by atoms with van der Waals surface area (Å²) in [6, 6.07) is 4.06. The van der Waals surface area contributed by atoms with Gasteiger partial charge in [-0.15, -0.1) is 35.3 Å². The van der Waals surface area contributed by atoms with E-state index in [1.54, 1.807) is 11.3 Å². The lowest BCUT2D eigenvalue weighted by atomic mass is 10.4. The maximum atomic E-state index is 10.9. The molecule has 0 saturated carbocycles. The van der Waals surface area contributed by atoms with Crippen LogP contribution in [0.5, 0.6) is 0 Å². The maximum absolute atomic E-state index is 10.9. The van der Waals surface area contributed by atoms with Gasteiger partial charge in [0.1, 0.15) is 0 Å². The molecular weight excluding hydrogens is 423 g/mol. The molecule has 0 saturated heterocycles. The van der Waals surface area contributed by atoms with Crippen molar-refractivity contribution in [3.63, 3.8) is 0 Å². The standard InChI is InChI=1S/C12H22N4O2S2.HI/c1-3-13-12(15-10-11-6-4-9-19-11)14-7-5-8-16-20(2,17)18;/h4,6,9,16H,3,5,7-8,10H2,1-2H3,(H2,13,14,15);1H. The zero-order valence-electron chi connectivity index (χ0n) is 12.3. The van der Waals surface area contributed by atoms with Crippen molar-refractivity contribution in [3.05, 3.63) is 22.4 Å². The molecule has 3 N–H and O–H groups in total. The van der Waals surface area contributed by atoms with E-state index in [1.165, 1.54) is 4.88 Å². The van der Waals surface area contributed by atoms with Gasteiger partial charge in [-0.1, -0.05) is 6.07 Å². The highest BCUT2D eigenvalue weighted by Crippen LogP contribution is 2.09. The Hall–Kier alpha value is -0.390. The molecule has 122 valence electrons. The molecule has 0 aromatic carbocycles. The Bertz CT molecular complexity index is 503. The Morgan fingerprint density at radius 1 is 1.33 bits per heavy atom. The van der Waals surface area contributed by atoms with Crippen molar-refractivity contribution in [1.82, 2.24) is 15.4 Å². The summed E-state index contributed by atoms with van der Waals surface area (Å²) < 4.78 is 24.3. The molecule has 0 radical (unpaired) electrons. The highest BCUT2D eigenvalue weighted by molar-refractivity contribution is 14.0. The molecule has 6 nitrogen and oxygen atoms in total. The largest absolute Gasteiger partial charge is 0.357 e. The molecular formula is C12H23IN4O2S2. The second kappa shape index (κ2) is 11.2. The van der Waals surface area contributed by atoms with Crippen LogP contribution in [0.1, 0.15) is 18.2 Å². The van der Waals surface area contributed by atoms with E-state index in [-0.39, 0.29) is 24.0 Å². The quantitative estimate of drug-likeness (QED) is 0.244. The highest BCUT2D eigenvalue weighted by Gasteiger charge is 2.00. The van der Waals surface area contributed by atoms with E-state index in [0.29, 0.717) is 26.1 Å². The van der Waals surface area contributed by atoms with Crippen LogP contribution in [-0.4, -0.2) is 40.3 Å². The Kier molecular flexibility index (Phi) is 11.0. The summed E-state index contributed by atoms with van der Waals surface area (Å²) in [7, 11) is -3.10. The van der Waals surface area contributed by atoms with E-state index in [9.17, 15) is 8.42 Å². The van der Waals surface area contributed by atoms with E-state index in [1.807, 2.05) is 24.4 Å². The van der Waals surface area contributed by atoms with Gasteiger partial charge in [0, 0.05) is 24.5 Å². The second-order valence-electron chi connectivity index (χ2n) is 4.22. The van der Waals surface area contributed by atoms with Crippen LogP contribution in [0, 0.1) is 0 Å². The van der Waals surface area contributed by atoms with Gasteiger partial charge in [0.25, 0.3) is 0 Å². The summed E-state index contributed by atoms with van der Waals surface area (Å²) in [4.78, 5) is 5.68. The van der Waals surface area contributed by atoms with Gasteiger partial charge in [0.2, 0.25) is 10.0 Å². The van der Waals surface area contributed by atoms with Gasteiger partial charge < -0.3 is 10.6 Å². The fraction of sp³-hybridized carbons (Fsp3) is 0.583. The first-order valence-electron chi connectivity index (χ1n) is 6.50. The minimum atomic E-state index is -3.10. The number of hydrogen-bond acceptors (Lipinski definition) is 4. The van der Waals surface area contributed by atoms with Crippen LogP contribution in [-0.2, 0) is 16.6 Å². The van der Waals surface area contributed by atoms with Crippen LogP contribution in [0.15, 0.2) is 22.5 Å². The fourth-order valence-corrected chi connectivity index (χ4v) is 2.60. The number of halogens is 1. The molecule has 0 fully saturated rings. The van der Waals surface area contributed by atoms with Crippen LogP contribution < -0.4 is 15.4 Å². The number of rotatable bonds is 8. The highest BCUT2D eigenvalue weighted by atomic mass is 127. The number of sulfonamides is 1. The smallest absolute Gasteiger partial charge is 0.208 e. The Morgan fingerprint density at radius 2 is 2.10 bits per heavy atom. The lowest BCUT2D eigenvalue weighted by Gasteiger charge is -2.11. The van der Waals surface area contributed by atoms with Gasteiger partial charge in [-0.25, -0.2) is 18.1 Å². The first kappa shape index (κ1) is 20.6. The summed E-state index contributed by atoms with van der Waals surface area (Å²) in [5.74, 6) is 0.750. The summed E-state index contributed by atoms with van der Waals surface area (Å²) in [6.07, 6.45) is 1.86. The van der Waals surface area contributed by atoms with Gasteiger partial charge in [-0.05, 0) is 24.8 Å². The third kappa shape index (κ3) is 10.9. The van der Waals surface area contributed by atoms with E-state index in [2.05, 4.69) is 20.3 Å². The third-order valence-electron chi connectivity index (χ3n) is 2.33. The molecule has 0 aliphatic carbocycles. The molecule has 1 heterocycles. The van der Waals surface area contributed by atoms with Gasteiger partial charge in [0.15, 0.2) is 5.96 Å². The molecule has 21 heavy (non-hydrogen) atoms. The number of nitrogens with zero attached hydrogens (tertiary/aromatic N) is 1. The summed E-state index contributed by atoms with van der Waals surface area (Å²) in [5, 5.41) is 8.36. The fourth-order valence-electron chi connectivity index (χ4n) is 1.45. The molecule has 0 amide bonds. The lowest BCUT2D eigenvalue weighted by molar-refractivity contribution is 0.584. The number of aliphatic imine (C=N–C) groups is 1. The Morgan fingerprint density at radius 3 is 2.67 bits per heavy atom. The van der Waals surface area contributed by atoms with Crippen molar-refractivity contribution in [2.24, 2.45) is 4.99 Å². The normalized spacial score (nSPS) is 11.8. The first-order valence-corrected chi connectivity index (χ1v) is 9.27. The van der Waals surface area contributed by atoms with E-state index in [0.717, 1.165) is 18.8 Å². The SMILES string of the molecule is CCNC(=NCc1cccs1)NCCCNS(C)(=O)=O.I. The first-order chi connectivity index (χ1) is 9.51. The third-order valence-corrected chi connectivity index (χ3v) is 3.92. The van der Waals surface area contributed by atoms with Crippen molar-refractivity contribution in [3.8, 4) is 0 Å². The number of hydrogen-bond donors (Lipinski definition) is 3. The molecule has 9 heteroatoms. The van der Waals surface area contributed by atoms with Crippen LogP contribution >= 0.6 is 35.3 Å². The molecule has 0 spiro atoms. The molecule has 1 aromatic rings. The van der Waals surface area contributed by atoms with Crippen molar-refractivity contribution in [1.29, 1.82) is 0 Å².